The quantitative estimate of drug-likeness (QED) is 0.111. The predicted octanol–water partition coefficient (Wildman–Crippen LogP) is 10.4. The van der Waals surface area contributed by atoms with Crippen molar-refractivity contribution in [2.75, 3.05) is 10.6 Å². The van der Waals surface area contributed by atoms with E-state index in [1.54, 1.807) is 0 Å². The third kappa shape index (κ3) is 7.24. The Kier molecular flexibility index (Phi) is 10.4. The van der Waals surface area contributed by atoms with Crippen molar-refractivity contribution in [1.82, 2.24) is 0 Å². The van der Waals surface area contributed by atoms with Gasteiger partial charge in [0.2, 0.25) is 15.7 Å². The van der Waals surface area contributed by atoms with Crippen LogP contribution in [0.15, 0.2) is 97.1 Å². The van der Waals surface area contributed by atoms with E-state index >= 15 is 8.78 Å². The van der Waals surface area contributed by atoms with Gasteiger partial charge in [-0.25, -0.2) is 17.6 Å². The molecule has 4 aromatic carbocycles. The molecular weight excluding hydrogens is 782 g/mol. The van der Waals surface area contributed by atoms with Gasteiger partial charge in [-0.05, 0) is 59.7 Å². The molecule has 270 valence electrons. The average molecular weight is 802 g/mol. The molecular formula is C33H20Cl4F8N2O4. The Labute approximate surface area is 303 Å². The monoisotopic (exact) mass is 800 g/mol. The predicted molar refractivity (Wildman–Crippen MR) is 174 cm³/mol. The number of carbonyl (C=O) groups excluding carboxylic acids is 2. The van der Waals surface area contributed by atoms with Crippen LogP contribution >= 0.6 is 46.4 Å². The van der Waals surface area contributed by atoms with Crippen LogP contribution in [-0.2, 0) is 11.3 Å². The van der Waals surface area contributed by atoms with Crippen LogP contribution in [0.5, 0.6) is 11.5 Å². The standard InChI is InChI=1S/C33H20Cl4F8N2O4/c34-27(38)31(42,43)50-23-5-1-3-21(15-23)46-25(48)17-7-11-19(12-8-17)29(40)30(41,33(29,36)37)20-13-9-18(10-14-20)26(49)47-22-4-2-6-24(16-22)51-32(44,45)28(35)39/h1-16,27-28H,(H,46,48)(H,47,49). The van der Waals surface area contributed by atoms with E-state index < -0.39 is 62.5 Å². The van der Waals surface area contributed by atoms with E-state index in [4.69, 9.17) is 46.4 Å². The number of amides is 2. The number of hydrogen-bond donors (Lipinski definition) is 2. The number of alkyl halides is 12. The summed E-state index contributed by atoms with van der Waals surface area (Å²) in [6.07, 6.45) is -8.70. The lowest BCUT2D eigenvalue weighted by Crippen LogP contribution is -2.32. The number of anilines is 2. The van der Waals surface area contributed by atoms with E-state index in [2.05, 4.69) is 20.1 Å². The molecule has 1 aliphatic carbocycles. The summed E-state index contributed by atoms with van der Waals surface area (Å²) < 4.78 is 118. The van der Waals surface area contributed by atoms with Gasteiger partial charge in [0.1, 0.15) is 11.5 Å². The molecule has 2 amide bonds. The smallest absolute Gasteiger partial charge is 0.429 e. The summed E-state index contributed by atoms with van der Waals surface area (Å²) in [6, 6.07) is 18.0. The number of carbonyl (C=O) groups is 2. The zero-order valence-corrected chi connectivity index (χ0v) is 28.1. The minimum Gasteiger partial charge on any atom is -0.429 e. The van der Waals surface area contributed by atoms with Gasteiger partial charge in [0.25, 0.3) is 23.1 Å². The third-order valence-corrected chi connectivity index (χ3v) is 9.12. The fraction of sp³-hybridized carbons (Fsp3) is 0.212. The first kappa shape index (κ1) is 38.3. The van der Waals surface area contributed by atoms with Crippen LogP contribution in [0.25, 0.3) is 0 Å². The zero-order valence-electron chi connectivity index (χ0n) is 25.1. The van der Waals surface area contributed by atoms with Gasteiger partial charge >= 0.3 is 12.2 Å². The van der Waals surface area contributed by atoms with E-state index in [0.29, 0.717) is 0 Å². The van der Waals surface area contributed by atoms with Crippen molar-refractivity contribution in [2.45, 2.75) is 39.1 Å². The lowest BCUT2D eigenvalue weighted by molar-refractivity contribution is -0.199. The maximum atomic E-state index is 16.4. The molecule has 1 fully saturated rings. The molecule has 5 rings (SSSR count). The lowest BCUT2D eigenvalue weighted by Gasteiger charge is -2.18. The first-order chi connectivity index (χ1) is 23.7. The molecule has 2 N–H and O–H groups in total. The van der Waals surface area contributed by atoms with Crippen molar-refractivity contribution in [3.63, 3.8) is 0 Å². The topological polar surface area (TPSA) is 76.7 Å². The second kappa shape index (κ2) is 13.9. The largest absolute Gasteiger partial charge is 0.444 e. The molecule has 4 atom stereocenters. The molecule has 51 heavy (non-hydrogen) atoms. The van der Waals surface area contributed by atoms with Crippen molar-refractivity contribution in [2.24, 2.45) is 0 Å². The molecule has 0 aromatic heterocycles. The van der Waals surface area contributed by atoms with Crippen LogP contribution in [0, 0.1) is 0 Å². The van der Waals surface area contributed by atoms with Crippen LogP contribution in [0.3, 0.4) is 0 Å². The summed E-state index contributed by atoms with van der Waals surface area (Å²) >= 11 is 21.9. The lowest BCUT2D eigenvalue weighted by atomic mass is 9.98. The first-order valence-electron chi connectivity index (χ1n) is 14.2. The molecule has 4 aromatic rings. The molecule has 6 nitrogen and oxygen atoms in total. The van der Waals surface area contributed by atoms with Crippen LogP contribution in [0.1, 0.15) is 31.8 Å². The fourth-order valence-corrected chi connectivity index (χ4v) is 5.92. The molecule has 18 heteroatoms. The van der Waals surface area contributed by atoms with Crippen molar-refractivity contribution >= 4 is 69.6 Å². The molecule has 0 aliphatic heterocycles. The molecule has 4 unspecified atom stereocenters. The Morgan fingerprint density at radius 2 is 0.941 bits per heavy atom. The Balaban J connectivity index is 1.27. The van der Waals surface area contributed by atoms with Gasteiger partial charge in [0.05, 0.1) is 0 Å². The second-order valence-electron chi connectivity index (χ2n) is 10.9. The van der Waals surface area contributed by atoms with E-state index in [-0.39, 0.29) is 33.6 Å². The van der Waals surface area contributed by atoms with Crippen LogP contribution in [-0.4, -0.2) is 39.6 Å². The van der Waals surface area contributed by atoms with Crippen molar-refractivity contribution in [1.29, 1.82) is 0 Å². The molecule has 0 radical (unpaired) electrons. The molecule has 0 saturated heterocycles. The number of rotatable bonds is 12. The van der Waals surface area contributed by atoms with Crippen LogP contribution < -0.4 is 20.1 Å². The summed E-state index contributed by atoms with van der Waals surface area (Å²) in [5.41, 5.74) is -13.3. The Hall–Kier alpha value is -3.98. The highest BCUT2D eigenvalue weighted by Gasteiger charge is 2.92. The van der Waals surface area contributed by atoms with Crippen molar-refractivity contribution in [3.05, 3.63) is 119 Å². The molecule has 0 bridgehead atoms. The molecule has 0 heterocycles. The molecule has 0 spiro atoms. The summed E-state index contributed by atoms with van der Waals surface area (Å²) in [5, 5.41) is 4.79. The highest BCUT2D eigenvalue weighted by atomic mass is 35.5. The Morgan fingerprint density at radius 3 is 1.25 bits per heavy atom. The Morgan fingerprint density at radius 1 is 0.608 bits per heavy atom. The summed E-state index contributed by atoms with van der Waals surface area (Å²) in [6.45, 7) is 0. The molecule has 1 saturated carbocycles. The average Bonchev–Trinajstić information content (AvgIpc) is 3.44. The SMILES string of the molecule is O=C(Nc1cccc(OC(F)(F)C(F)Cl)c1)c1ccc(C2(F)C(Cl)(Cl)C2(F)c2ccc(C(=O)Nc3cccc(OC(F)(F)C(F)Cl)c3)cc2)cc1. The summed E-state index contributed by atoms with van der Waals surface area (Å²) in [4.78, 5) is 25.6. The maximum absolute atomic E-state index is 16.4. The highest BCUT2D eigenvalue weighted by Crippen LogP contribution is 2.80. The number of nitrogens with one attached hydrogen (secondary N) is 2. The third-order valence-electron chi connectivity index (χ3n) is 7.57. The van der Waals surface area contributed by atoms with E-state index in [1.807, 2.05) is 0 Å². The number of hydrogen-bond acceptors (Lipinski definition) is 4. The normalized spacial score (nSPS) is 20.9. The minimum atomic E-state index is -4.35. The van der Waals surface area contributed by atoms with Gasteiger partial charge in [0, 0.05) is 34.6 Å². The summed E-state index contributed by atoms with van der Waals surface area (Å²) in [5.74, 6) is -2.60. The number of halogens is 12. The van der Waals surface area contributed by atoms with Crippen molar-refractivity contribution < 1.29 is 54.2 Å². The van der Waals surface area contributed by atoms with Gasteiger partial charge in [-0.1, -0.05) is 82.8 Å². The Bertz CT molecular complexity index is 1800. The van der Waals surface area contributed by atoms with Gasteiger partial charge < -0.3 is 20.1 Å². The van der Waals surface area contributed by atoms with E-state index in [1.165, 1.54) is 24.3 Å². The summed E-state index contributed by atoms with van der Waals surface area (Å²) in [7, 11) is 0. The molecule has 1 aliphatic rings. The number of ether oxygens (including phenoxy) is 2. The van der Waals surface area contributed by atoms with Gasteiger partial charge in [-0.15, -0.1) is 0 Å². The zero-order chi connectivity index (χ0) is 37.6. The number of benzene rings is 4. The maximum Gasteiger partial charge on any atom is 0.444 e. The van der Waals surface area contributed by atoms with Gasteiger partial charge in [-0.3, -0.25) is 9.59 Å². The fourth-order valence-electron chi connectivity index (χ4n) is 4.97. The van der Waals surface area contributed by atoms with Crippen molar-refractivity contribution in [3.8, 4) is 11.5 Å². The minimum absolute atomic E-state index is 0.0299. The highest BCUT2D eigenvalue weighted by molar-refractivity contribution is 6.53. The van der Waals surface area contributed by atoms with Gasteiger partial charge in [-0.2, -0.15) is 17.6 Å². The van der Waals surface area contributed by atoms with Gasteiger partial charge in [0.15, 0.2) is 0 Å². The van der Waals surface area contributed by atoms with Crippen LogP contribution in [0.2, 0.25) is 0 Å². The van der Waals surface area contributed by atoms with E-state index in [9.17, 15) is 35.9 Å². The van der Waals surface area contributed by atoms with E-state index in [0.717, 1.165) is 72.8 Å². The second-order valence-corrected chi connectivity index (χ2v) is 13.0. The first-order valence-corrected chi connectivity index (χ1v) is 15.9. The van der Waals surface area contributed by atoms with Crippen LogP contribution in [0.4, 0.5) is 46.5 Å².